The van der Waals surface area contributed by atoms with Crippen molar-refractivity contribution in [2.45, 2.75) is 19.6 Å². The van der Waals surface area contributed by atoms with E-state index < -0.39 is 6.10 Å². The third-order valence-electron chi connectivity index (χ3n) is 4.52. The van der Waals surface area contributed by atoms with Crippen molar-refractivity contribution in [3.8, 4) is 17.2 Å². The molecule has 0 fully saturated rings. The number of hydrogen-bond acceptors (Lipinski definition) is 4. The first-order chi connectivity index (χ1) is 13.7. The molecule has 0 amide bonds. The maximum Gasteiger partial charge on any atom is 0.161 e. The molecule has 3 aromatic carbocycles. The van der Waals surface area contributed by atoms with Crippen LogP contribution in [0.15, 0.2) is 78.6 Å². The van der Waals surface area contributed by atoms with Crippen molar-refractivity contribution in [3.63, 3.8) is 0 Å². The largest absolute Gasteiger partial charge is 0.490 e. The molecule has 0 saturated carbocycles. The van der Waals surface area contributed by atoms with E-state index in [0.29, 0.717) is 36.2 Å². The summed E-state index contributed by atoms with van der Waals surface area (Å²) >= 11 is 0. The van der Waals surface area contributed by atoms with Crippen LogP contribution in [-0.2, 0) is 6.61 Å². The van der Waals surface area contributed by atoms with Crippen molar-refractivity contribution >= 4 is 6.08 Å². The lowest BCUT2D eigenvalue weighted by molar-refractivity contribution is 0.193. The molecule has 4 nitrogen and oxygen atoms in total. The van der Waals surface area contributed by atoms with Crippen molar-refractivity contribution in [1.29, 1.82) is 0 Å². The van der Waals surface area contributed by atoms with Gasteiger partial charge in [0, 0.05) is 5.56 Å². The standard InChI is InChI=1S/C24H22O4/c1-2-26-22-14-18(12-13-21(22)27-16-17-8-4-3-5-9-17)15-23-24(25)19-10-6-7-11-20(19)28-23/h3-15,24-25H,2,16H2,1H3/b23-15-/t24-/m0/s1. The molecule has 28 heavy (non-hydrogen) atoms. The van der Waals surface area contributed by atoms with Crippen LogP contribution in [0.1, 0.15) is 29.7 Å². The fourth-order valence-electron chi connectivity index (χ4n) is 3.15. The second kappa shape index (κ2) is 8.19. The average Bonchev–Trinajstić information content (AvgIpc) is 3.04. The molecule has 0 aromatic heterocycles. The van der Waals surface area contributed by atoms with Gasteiger partial charge in [-0.05, 0) is 42.3 Å². The van der Waals surface area contributed by atoms with Crippen LogP contribution in [0.2, 0.25) is 0 Å². The zero-order chi connectivity index (χ0) is 19.3. The minimum atomic E-state index is -0.763. The fourth-order valence-corrected chi connectivity index (χ4v) is 3.15. The number of para-hydroxylation sites is 1. The van der Waals surface area contributed by atoms with E-state index in [9.17, 15) is 5.11 Å². The zero-order valence-corrected chi connectivity index (χ0v) is 15.7. The van der Waals surface area contributed by atoms with E-state index in [2.05, 4.69) is 0 Å². The minimum absolute atomic E-state index is 0.471. The van der Waals surface area contributed by atoms with E-state index in [1.165, 1.54) is 0 Å². The maximum absolute atomic E-state index is 10.5. The van der Waals surface area contributed by atoms with E-state index in [-0.39, 0.29) is 0 Å². The van der Waals surface area contributed by atoms with E-state index in [1.54, 1.807) is 0 Å². The molecule has 0 spiro atoms. The van der Waals surface area contributed by atoms with Gasteiger partial charge < -0.3 is 19.3 Å². The first-order valence-electron chi connectivity index (χ1n) is 9.34. The average molecular weight is 374 g/mol. The SMILES string of the molecule is CCOc1cc(/C=C2\Oc3ccccc3[C@@H]2O)ccc1OCc1ccccc1. The van der Waals surface area contributed by atoms with Gasteiger partial charge in [-0.15, -0.1) is 0 Å². The summed E-state index contributed by atoms with van der Waals surface area (Å²) < 4.78 is 17.5. The highest BCUT2D eigenvalue weighted by Gasteiger charge is 2.27. The third kappa shape index (κ3) is 3.87. The van der Waals surface area contributed by atoms with Crippen LogP contribution in [0.4, 0.5) is 0 Å². The Hall–Kier alpha value is -3.24. The van der Waals surface area contributed by atoms with Crippen LogP contribution in [0.3, 0.4) is 0 Å². The highest BCUT2D eigenvalue weighted by Crippen LogP contribution is 2.40. The second-order valence-corrected chi connectivity index (χ2v) is 6.50. The van der Waals surface area contributed by atoms with Gasteiger partial charge in [0.25, 0.3) is 0 Å². The molecular weight excluding hydrogens is 352 g/mol. The van der Waals surface area contributed by atoms with Gasteiger partial charge in [-0.3, -0.25) is 0 Å². The summed E-state index contributed by atoms with van der Waals surface area (Å²) in [5, 5.41) is 10.5. The monoisotopic (exact) mass is 374 g/mol. The summed E-state index contributed by atoms with van der Waals surface area (Å²) in [7, 11) is 0. The normalized spacial score (nSPS) is 16.5. The Morgan fingerprint density at radius 2 is 1.71 bits per heavy atom. The van der Waals surface area contributed by atoms with Crippen molar-refractivity contribution in [2.24, 2.45) is 0 Å². The Labute approximate surface area is 164 Å². The summed E-state index contributed by atoms with van der Waals surface area (Å²) in [6.45, 7) is 2.94. The summed E-state index contributed by atoms with van der Waals surface area (Å²) in [6.07, 6.45) is 1.06. The molecule has 142 valence electrons. The van der Waals surface area contributed by atoms with Crippen molar-refractivity contribution in [1.82, 2.24) is 0 Å². The van der Waals surface area contributed by atoms with Crippen LogP contribution in [0.5, 0.6) is 17.2 Å². The highest BCUT2D eigenvalue weighted by atomic mass is 16.5. The smallest absolute Gasteiger partial charge is 0.161 e. The van der Waals surface area contributed by atoms with Crippen molar-refractivity contribution < 1.29 is 19.3 Å². The number of hydrogen-bond donors (Lipinski definition) is 1. The number of benzene rings is 3. The van der Waals surface area contributed by atoms with Crippen LogP contribution < -0.4 is 14.2 Å². The summed E-state index contributed by atoms with van der Waals surface area (Å²) in [5.41, 5.74) is 2.75. The van der Waals surface area contributed by atoms with Crippen LogP contribution >= 0.6 is 0 Å². The van der Waals surface area contributed by atoms with Gasteiger partial charge in [-0.25, -0.2) is 0 Å². The first-order valence-corrected chi connectivity index (χ1v) is 9.34. The Balaban J connectivity index is 1.55. The zero-order valence-electron chi connectivity index (χ0n) is 15.7. The second-order valence-electron chi connectivity index (χ2n) is 6.50. The Morgan fingerprint density at radius 1 is 0.929 bits per heavy atom. The number of rotatable bonds is 6. The van der Waals surface area contributed by atoms with Crippen molar-refractivity contribution in [3.05, 3.63) is 95.2 Å². The number of aliphatic hydroxyl groups is 1. The molecule has 1 aliphatic rings. The van der Waals surface area contributed by atoms with Gasteiger partial charge in [0.15, 0.2) is 11.5 Å². The molecule has 1 atom stereocenters. The van der Waals surface area contributed by atoms with Crippen LogP contribution in [0, 0.1) is 0 Å². The molecule has 1 heterocycles. The Morgan fingerprint density at radius 3 is 2.50 bits per heavy atom. The van der Waals surface area contributed by atoms with E-state index in [4.69, 9.17) is 14.2 Å². The van der Waals surface area contributed by atoms with Gasteiger partial charge in [-0.1, -0.05) is 54.6 Å². The van der Waals surface area contributed by atoms with E-state index in [1.807, 2.05) is 85.8 Å². The van der Waals surface area contributed by atoms with Gasteiger partial charge in [0.1, 0.15) is 24.2 Å². The van der Waals surface area contributed by atoms with Gasteiger partial charge >= 0.3 is 0 Å². The van der Waals surface area contributed by atoms with Crippen molar-refractivity contribution in [2.75, 3.05) is 6.61 Å². The topological polar surface area (TPSA) is 47.9 Å². The molecule has 0 aliphatic carbocycles. The first kappa shape index (κ1) is 18.1. The molecular formula is C24H22O4. The van der Waals surface area contributed by atoms with Gasteiger partial charge in [-0.2, -0.15) is 0 Å². The molecule has 0 unspecified atom stereocenters. The summed E-state index contributed by atoms with van der Waals surface area (Å²) in [5.74, 6) is 2.54. The third-order valence-corrected chi connectivity index (χ3v) is 4.52. The molecule has 4 rings (SSSR count). The molecule has 1 N–H and O–H groups in total. The number of fused-ring (bicyclic) bond motifs is 1. The van der Waals surface area contributed by atoms with Gasteiger partial charge in [0.05, 0.1) is 6.61 Å². The maximum atomic E-state index is 10.5. The lowest BCUT2D eigenvalue weighted by atomic mass is 10.1. The predicted octanol–water partition coefficient (Wildman–Crippen LogP) is 5.13. The predicted molar refractivity (Wildman–Crippen MR) is 108 cm³/mol. The Kier molecular flexibility index (Phi) is 5.31. The summed E-state index contributed by atoms with van der Waals surface area (Å²) in [6, 6.07) is 23.2. The lowest BCUT2D eigenvalue weighted by Crippen LogP contribution is -2.00. The molecule has 4 heteroatoms. The molecule has 3 aromatic rings. The van der Waals surface area contributed by atoms with Crippen LogP contribution in [-0.4, -0.2) is 11.7 Å². The minimum Gasteiger partial charge on any atom is -0.490 e. The number of ether oxygens (including phenoxy) is 3. The molecule has 0 bridgehead atoms. The van der Waals surface area contributed by atoms with E-state index >= 15 is 0 Å². The van der Waals surface area contributed by atoms with E-state index in [0.717, 1.165) is 16.7 Å². The molecule has 1 aliphatic heterocycles. The lowest BCUT2D eigenvalue weighted by Gasteiger charge is -2.13. The molecule has 0 saturated heterocycles. The number of aliphatic hydroxyl groups excluding tert-OH is 1. The van der Waals surface area contributed by atoms with Crippen LogP contribution in [0.25, 0.3) is 6.08 Å². The fraction of sp³-hybridized carbons (Fsp3) is 0.167. The summed E-state index contributed by atoms with van der Waals surface area (Å²) in [4.78, 5) is 0. The highest BCUT2D eigenvalue weighted by molar-refractivity contribution is 5.61. The molecule has 0 radical (unpaired) electrons. The Bertz CT molecular complexity index is 979. The quantitative estimate of drug-likeness (QED) is 0.650. The van der Waals surface area contributed by atoms with Gasteiger partial charge in [0.2, 0.25) is 0 Å².